The molecule has 0 atom stereocenters. The fourth-order valence-electron chi connectivity index (χ4n) is 16.2. The van der Waals surface area contributed by atoms with E-state index in [0.29, 0.717) is 0 Å². The SMILES string of the molecule is Cc1ccc(N(c2ccc(C)cc2)c2ccc(C3(c4ccc(N(c5ccc(C)cc5)c5ccc(C)cc5)cc4)c4cc(Br)ccc4-c4cc5c(cc43)-c3ccc(Br)cc3C5(c3ccc(N(c4ccc(C)cc4)c4ccc(I)cc4)cc3)c3ccc(N(c4ccc(C)cc4)c4ccc(I)cc4)cc3)cc2)cc1. The van der Waals surface area contributed by atoms with Gasteiger partial charge >= 0.3 is 0 Å². The Morgan fingerprint density at radius 3 is 0.566 bits per heavy atom. The zero-order valence-electron chi connectivity index (χ0n) is 59.6. The highest BCUT2D eigenvalue weighted by molar-refractivity contribution is 14.1. The summed E-state index contributed by atoms with van der Waals surface area (Å²) in [6.45, 7) is 12.9. The summed E-state index contributed by atoms with van der Waals surface area (Å²) >= 11 is 13.1. The summed E-state index contributed by atoms with van der Waals surface area (Å²) in [7, 11) is 0. The maximum absolute atomic E-state index is 4.13. The normalized spacial score (nSPS) is 12.8. The lowest BCUT2D eigenvalue weighted by Gasteiger charge is -2.36. The monoisotopic (exact) mass is 1720 g/mol. The minimum atomic E-state index is -0.843. The molecule has 0 aromatic heterocycles. The van der Waals surface area contributed by atoms with E-state index in [1.54, 1.807) is 0 Å². The molecule has 2 aliphatic carbocycles. The maximum Gasteiger partial charge on any atom is 0.0714 e. The van der Waals surface area contributed by atoms with Crippen LogP contribution in [-0.2, 0) is 10.8 Å². The largest absolute Gasteiger partial charge is 0.311 e. The third-order valence-electron chi connectivity index (χ3n) is 21.5. The van der Waals surface area contributed by atoms with E-state index in [-0.39, 0.29) is 0 Å². The van der Waals surface area contributed by atoms with Gasteiger partial charge in [0.25, 0.3) is 0 Å². The first-order chi connectivity index (χ1) is 51.6. The molecule has 514 valence electrons. The molecular weight excluding hydrogens is 1650 g/mol. The van der Waals surface area contributed by atoms with E-state index < -0.39 is 10.8 Å². The van der Waals surface area contributed by atoms with Gasteiger partial charge in [-0.25, -0.2) is 0 Å². The van der Waals surface area contributed by atoms with Crippen molar-refractivity contribution in [2.45, 2.75) is 52.4 Å². The number of fused-ring (bicyclic) bond motifs is 6. The Morgan fingerprint density at radius 1 is 0.198 bits per heavy atom. The quantitative estimate of drug-likeness (QED) is 0.0894. The Kier molecular flexibility index (Phi) is 18.4. The minimum Gasteiger partial charge on any atom is -0.311 e. The molecule has 8 heteroatoms. The minimum absolute atomic E-state index is 0.842. The number of hydrogen-bond acceptors (Lipinski definition) is 4. The first kappa shape index (κ1) is 69.0. The molecule has 4 nitrogen and oxygen atoms in total. The Labute approximate surface area is 666 Å². The van der Waals surface area contributed by atoms with Crippen LogP contribution in [0.4, 0.5) is 68.2 Å². The predicted molar refractivity (Wildman–Crippen MR) is 469 cm³/mol. The van der Waals surface area contributed by atoms with Gasteiger partial charge in [0.05, 0.1) is 10.8 Å². The standard InChI is InChI=1S/C98H74Br2I2N4/c1-63-7-33-77(34-8-63)103(78-35-9-64(2)10-36-78)83-45-19-69(20-46-83)97(70-21-47-84(48-22-70)104(79-37-11-65(3)12-38-79)80-39-13-66(4)14-40-80)93-59-73(99)27-57-89(93)91-62-96-92(61-95(91)97)90-58-28-74(100)60-94(90)98(96,71-23-49-85(50-24-71)105(81-41-15-67(5)16-42-81)87-53-29-75(101)30-54-87)72-25-51-86(52-26-72)106(82-43-17-68(6)18-44-82)88-55-31-76(102)32-56-88/h7-62H,1-6H3. The van der Waals surface area contributed by atoms with Crippen LogP contribution in [0.25, 0.3) is 22.3 Å². The molecule has 15 aromatic rings. The molecule has 0 radical (unpaired) electrons. The van der Waals surface area contributed by atoms with Gasteiger partial charge in [-0.15, -0.1) is 0 Å². The van der Waals surface area contributed by atoms with Crippen molar-refractivity contribution in [3.8, 4) is 22.3 Å². The maximum atomic E-state index is 4.13. The van der Waals surface area contributed by atoms with Crippen LogP contribution in [0.15, 0.2) is 349 Å². The van der Waals surface area contributed by atoms with Gasteiger partial charge < -0.3 is 19.6 Å². The van der Waals surface area contributed by atoms with Gasteiger partial charge in [-0.1, -0.05) is 199 Å². The number of aryl methyl sites for hydroxylation is 6. The highest BCUT2D eigenvalue weighted by Crippen LogP contribution is 2.64. The van der Waals surface area contributed by atoms with Crippen LogP contribution in [0.5, 0.6) is 0 Å². The van der Waals surface area contributed by atoms with Gasteiger partial charge in [0.1, 0.15) is 0 Å². The van der Waals surface area contributed by atoms with Crippen LogP contribution in [-0.4, -0.2) is 0 Å². The fourth-order valence-corrected chi connectivity index (χ4v) is 17.7. The van der Waals surface area contributed by atoms with E-state index in [4.69, 9.17) is 0 Å². The molecule has 0 bridgehead atoms. The molecule has 2 aliphatic rings. The van der Waals surface area contributed by atoms with Crippen LogP contribution in [0.1, 0.15) is 77.9 Å². The summed E-state index contributed by atoms with van der Waals surface area (Å²) < 4.78 is 4.40. The van der Waals surface area contributed by atoms with Gasteiger partial charge in [-0.05, 0) is 360 Å². The average Bonchev–Trinajstić information content (AvgIpc) is 1.51. The molecule has 0 fully saturated rings. The van der Waals surface area contributed by atoms with Crippen LogP contribution in [0.2, 0.25) is 0 Å². The van der Waals surface area contributed by atoms with E-state index in [1.165, 1.54) is 85.0 Å². The molecule has 0 spiro atoms. The Hall–Kier alpha value is -10.1. The number of halogens is 4. The van der Waals surface area contributed by atoms with Crippen molar-refractivity contribution in [2.75, 3.05) is 19.6 Å². The van der Waals surface area contributed by atoms with Crippen molar-refractivity contribution in [2.24, 2.45) is 0 Å². The second kappa shape index (κ2) is 28.3. The third kappa shape index (κ3) is 12.4. The van der Waals surface area contributed by atoms with Crippen molar-refractivity contribution in [3.05, 3.63) is 434 Å². The summed E-state index contributed by atoms with van der Waals surface area (Å²) in [5.74, 6) is 0. The van der Waals surface area contributed by atoms with Crippen LogP contribution >= 0.6 is 77.0 Å². The Morgan fingerprint density at radius 2 is 0.368 bits per heavy atom. The molecule has 0 heterocycles. The topological polar surface area (TPSA) is 13.0 Å². The van der Waals surface area contributed by atoms with Gasteiger partial charge in [-0.2, -0.15) is 0 Å². The van der Waals surface area contributed by atoms with Crippen LogP contribution < -0.4 is 19.6 Å². The predicted octanol–water partition coefficient (Wildman–Crippen LogP) is 28.9. The Balaban J connectivity index is 0.919. The zero-order chi connectivity index (χ0) is 72.5. The van der Waals surface area contributed by atoms with Crippen LogP contribution in [0, 0.1) is 48.7 Å². The highest BCUT2D eigenvalue weighted by Gasteiger charge is 2.52. The fraction of sp³-hybridized carbons (Fsp3) is 0.0816. The molecule has 0 unspecified atom stereocenters. The third-order valence-corrected chi connectivity index (χ3v) is 23.9. The highest BCUT2D eigenvalue weighted by atomic mass is 127. The summed E-state index contributed by atoms with van der Waals surface area (Å²) in [6, 6.07) is 128. The van der Waals surface area contributed by atoms with Crippen molar-refractivity contribution >= 4 is 145 Å². The zero-order valence-corrected chi connectivity index (χ0v) is 67.1. The average molecular weight is 1720 g/mol. The number of benzene rings is 15. The molecular formula is C98H74Br2I2N4. The van der Waals surface area contributed by atoms with Crippen LogP contribution in [0.3, 0.4) is 0 Å². The Bertz CT molecular complexity index is 4930. The number of nitrogens with zero attached hydrogens (tertiary/aromatic N) is 4. The lowest BCUT2D eigenvalue weighted by Crippen LogP contribution is -2.30. The van der Waals surface area contributed by atoms with E-state index in [9.17, 15) is 0 Å². The number of rotatable bonds is 16. The molecule has 0 saturated carbocycles. The molecule has 17 rings (SSSR count). The van der Waals surface area contributed by atoms with Crippen molar-refractivity contribution in [1.82, 2.24) is 0 Å². The van der Waals surface area contributed by atoms with Crippen molar-refractivity contribution in [3.63, 3.8) is 0 Å². The lowest BCUT2D eigenvalue weighted by atomic mass is 9.66. The molecule has 0 saturated heterocycles. The van der Waals surface area contributed by atoms with Gasteiger partial charge in [0, 0.05) is 84.3 Å². The lowest BCUT2D eigenvalue weighted by molar-refractivity contribution is 0.758. The molecule has 0 aliphatic heterocycles. The van der Waals surface area contributed by atoms with E-state index >= 15 is 0 Å². The molecule has 15 aromatic carbocycles. The number of anilines is 12. The number of hydrogen-bond donors (Lipinski definition) is 0. The smallest absolute Gasteiger partial charge is 0.0714 e. The van der Waals surface area contributed by atoms with Gasteiger partial charge in [0.15, 0.2) is 0 Å². The summed E-state index contributed by atoms with van der Waals surface area (Å²) in [6.07, 6.45) is 0. The van der Waals surface area contributed by atoms with E-state index in [2.05, 4.69) is 478 Å². The van der Waals surface area contributed by atoms with Gasteiger partial charge in [-0.3, -0.25) is 0 Å². The molecule has 106 heavy (non-hydrogen) atoms. The van der Waals surface area contributed by atoms with Gasteiger partial charge in [0.2, 0.25) is 0 Å². The van der Waals surface area contributed by atoms with E-state index in [1.807, 2.05) is 0 Å². The first-order valence-electron chi connectivity index (χ1n) is 35.9. The summed E-state index contributed by atoms with van der Waals surface area (Å²) in [4.78, 5) is 9.52. The molecule has 0 N–H and O–H groups in total. The summed E-state index contributed by atoms with van der Waals surface area (Å²) in [5, 5.41) is 0. The second-order valence-corrected chi connectivity index (χ2v) is 32.6. The first-order valence-corrected chi connectivity index (χ1v) is 39.7. The van der Waals surface area contributed by atoms with Crippen molar-refractivity contribution < 1.29 is 0 Å². The second-order valence-electron chi connectivity index (χ2n) is 28.3. The molecule has 0 amide bonds. The summed E-state index contributed by atoms with van der Waals surface area (Å²) in [5.41, 5.74) is 32.9. The van der Waals surface area contributed by atoms with Crippen molar-refractivity contribution in [1.29, 1.82) is 0 Å². The van der Waals surface area contributed by atoms with E-state index in [0.717, 1.165) is 99.4 Å².